The highest BCUT2D eigenvalue weighted by Crippen LogP contribution is 2.30. The van der Waals surface area contributed by atoms with Gasteiger partial charge in [0.05, 0.1) is 38.1 Å². The molecule has 0 bridgehead atoms. The first-order valence-electron chi connectivity index (χ1n) is 9.72. The number of hydrogen-bond donors (Lipinski definition) is 3. The Morgan fingerprint density at radius 3 is 2.52 bits per heavy atom. The van der Waals surface area contributed by atoms with Crippen LogP contribution in [0.25, 0.3) is 0 Å². The molecule has 154 valence electrons. The van der Waals surface area contributed by atoms with E-state index in [-0.39, 0.29) is 24.4 Å². The van der Waals surface area contributed by atoms with Gasteiger partial charge in [0, 0.05) is 6.04 Å². The first kappa shape index (κ1) is 20.7. The van der Waals surface area contributed by atoms with Crippen LogP contribution < -0.4 is 25.0 Å². The summed E-state index contributed by atoms with van der Waals surface area (Å²) in [7, 11) is 5.14. The number of benzene rings is 2. The fourth-order valence-electron chi connectivity index (χ4n) is 3.23. The van der Waals surface area contributed by atoms with E-state index < -0.39 is 0 Å². The van der Waals surface area contributed by atoms with Gasteiger partial charge in [-0.2, -0.15) is 0 Å². The van der Waals surface area contributed by atoms with E-state index in [0.717, 1.165) is 23.3 Å². The predicted molar refractivity (Wildman–Crippen MR) is 111 cm³/mol. The number of rotatable bonds is 9. The molecule has 0 aromatic heterocycles. The Labute approximate surface area is 171 Å². The number of quaternary nitrogens is 1. The highest BCUT2D eigenvalue weighted by Gasteiger charge is 2.25. The summed E-state index contributed by atoms with van der Waals surface area (Å²) >= 11 is 0. The molecule has 0 heterocycles. The molecule has 1 fully saturated rings. The molecule has 0 aliphatic heterocycles. The van der Waals surface area contributed by atoms with Crippen molar-refractivity contribution in [2.24, 2.45) is 0 Å². The number of amides is 2. The second kappa shape index (κ2) is 9.43. The van der Waals surface area contributed by atoms with Gasteiger partial charge >= 0.3 is 0 Å². The maximum atomic E-state index is 12.6. The summed E-state index contributed by atoms with van der Waals surface area (Å²) in [6, 6.07) is 13.0. The number of nitrogens with one attached hydrogen (secondary N) is 3. The normalized spacial score (nSPS) is 14.0. The van der Waals surface area contributed by atoms with Gasteiger partial charge in [0.25, 0.3) is 11.8 Å². The van der Waals surface area contributed by atoms with Gasteiger partial charge in [0.15, 0.2) is 18.0 Å². The maximum absolute atomic E-state index is 12.6. The number of carbonyl (C=O) groups is 2. The molecule has 0 radical (unpaired) electrons. The molecule has 2 aromatic rings. The number of hydrogen-bond acceptors (Lipinski definition) is 4. The van der Waals surface area contributed by atoms with Crippen LogP contribution >= 0.6 is 0 Å². The molecule has 1 unspecified atom stereocenters. The standard InChI is InChI=1S/C22H27N3O4/c1-25(13-15-7-6-10-19(28-2)21(15)29-3)14-20(26)24-18-9-5-4-8-17(18)22(27)23-16-11-12-16/h4-10,16H,11-14H2,1-3H3,(H,23,27)(H,24,26)/p+1. The largest absolute Gasteiger partial charge is 0.493 e. The Morgan fingerprint density at radius 1 is 1.07 bits per heavy atom. The summed E-state index contributed by atoms with van der Waals surface area (Å²) in [5.74, 6) is 1.04. The lowest BCUT2D eigenvalue weighted by molar-refractivity contribution is -0.885. The van der Waals surface area contributed by atoms with Crippen LogP contribution in [0.1, 0.15) is 28.8 Å². The van der Waals surface area contributed by atoms with Crippen LogP contribution in [0.2, 0.25) is 0 Å². The molecule has 1 atom stereocenters. The van der Waals surface area contributed by atoms with E-state index >= 15 is 0 Å². The molecule has 1 aliphatic carbocycles. The van der Waals surface area contributed by atoms with Gasteiger partial charge in [-0.25, -0.2) is 0 Å². The molecular weight excluding hydrogens is 370 g/mol. The van der Waals surface area contributed by atoms with Crippen molar-refractivity contribution in [2.45, 2.75) is 25.4 Å². The third-order valence-corrected chi connectivity index (χ3v) is 4.80. The van der Waals surface area contributed by atoms with Gasteiger partial charge in [-0.1, -0.05) is 18.2 Å². The van der Waals surface area contributed by atoms with Crippen LogP contribution in [0, 0.1) is 0 Å². The third kappa shape index (κ3) is 5.48. The molecule has 3 rings (SSSR count). The summed E-state index contributed by atoms with van der Waals surface area (Å²) in [6.45, 7) is 0.844. The smallest absolute Gasteiger partial charge is 0.279 e. The lowest BCUT2D eigenvalue weighted by atomic mass is 10.1. The van der Waals surface area contributed by atoms with Crippen molar-refractivity contribution in [3.8, 4) is 11.5 Å². The average Bonchev–Trinajstić information content (AvgIpc) is 3.51. The molecule has 1 aliphatic rings. The average molecular weight is 398 g/mol. The predicted octanol–water partition coefficient (Wildman–Crippen LogP) is 1.25. The van der Waals surface area contributed by atoms with Crippen molar-refractivity contribution in [1.82, 2.24) is 5.32 Å². The zero-order valence-corrected chi connectivity index (χ0v) is 17.1. The van der Waals surface area contributed by atoms with E-state index in [0.29, 0.717) is 29.3 Å². The summed E-state index contributed by atoms with van der Waals surface area (Å²) in [6.07, 6.45) is 2.03. The zero-order chi connectivity index (χ0) is 20.8. The summed E-state index contributed by atoms with van der Waals surface area (Å²) in [5, 5.41) is 5.84. The van der Waals surface area contributed by atoms with Crippen molar-refractivity contribution in [2.75, 3.05) is 33.1 Å². The first-order valence-corrected chi connectivity index (χ1v) is 9.72. The van der Waals surface area contributed by atoms with Crippen LogP contribution in [0.15, 0.2) is 42.5 Å². The fraction of sp³-hybridized carbons (Fsp3) is 0.364. The zero-order valence-electron chi connectivity index (χ0n) is 17.1. The number of para-hydroxylation sites is 2. The van der Waals surface area contributed by atoms with Crippen LogP contribution in [0.3, 0.4) is 0 Å². The van der Waals surface area contributed by atoms with Gasteiger partial charge in [0.2, 0.25) is 0 Å². The second-order valence-corrected chi connectivity index (χ2v) is 7.30. The number of carbonyl (C=O) groups excluding carboxylic acids is 2. The van der Waals surface area contributed by atoms with E-state index in [4.69, 9.17) is 9.47 Å². The van der Waals surface area contributed by atoms with E-state index in [1.54, 1.807) is 38.5 Å². The van der Waals surface area contributed by atoms with Crippen molar-refractivity contribution in [1.29, 1.82) is 0 Å². The topological polar surface area (TPSA) is 81.1 Å². The molecule has 7 heteroatoms. The van der Waals surface area contributed by atoms with Crippen molar-refractivity contribution in [3.63, 3.8) is 0 Å². The van der Waals surface area contributed by atoms with Crippen molar-refractivity contribution < 1.29 is 24.0 Å². The van der Waals surface area contributed by atoms with Crippen LogP contribution in [-0.2, 0) is 11.3 Å². The molecule has 2 amide bonds. The number of anilines is 1. The molecular formula is C22H28N3O4+. The Hall–Kier alpha value is -3.06. The summed E-state index contributed by atoms with van der Waals surface area (Å²) in [5.41, 5.74) is 1.98. The van der Waals surface area contributed by atoms with Gasteiger partial charge in [-0.3, -0.25) is 9.59 Å². The highest BCUT2D eigenvalue weighted by atomic mass is 16.5. The lowest BCUT2D eigenvalue weighted by Gasteiger charge is -2.17. The Bertz CT molecular complexity index is 880. The minimum atomic E-state index is -0.156. The quantitative estimate of drug-likeness (QED) is 0.594. The fourth-order valence-corrected chi connectivity index (χ4v) is 3.23. The summed E-state index contributed by atoms with van der Waals surface area (Å²) in [4.78, 5) is 26.0. The Morgan fingerprint density at radius 2 is 1.83 bits per heavy atom. The van der Waals surface area contributed by atoms with Crippen LogP contribution in [0.4, 0.5) is 5.69 Å². The highest BCUT2D eigenvalue weighted by molar-refractivity contribution is 6.04. The number of likely N-dealkylation sites (N-methyl/N-ethyl adjacent to an activating group) is 1. The Kier molecular flexibility index (Phi) is 6.72. The van der Waals surface area contributed by atoms with E-state index in [9.17, 15) is 9.59 Å². The monoisotopic (exact) mass is 398 g/mol. The third-order valence-electron chi connectivity index (χ3n) is 4.80. The molecule has 3 N–H and O–H groups in total. The Balaban J connectivity index is 1.62. The number of ether oxygens (including phenoxy) is 2. The van der Waals surface area contributed by atoms with E-state index in [2.05, 4.69) is 10.6 Å². The molecule has 0 saturated heterocycles. The molecule has 1 saturated carbocycles. The van der Waals surface area contributed by atoms with Gasteiger partial charge in [0.1, 0.15) is 6.54 Å². The minimum absolute atomic E-state index is 0.148. The van der Waals surface area contributed by atoms with Crippen molar-refractivity contribution in [3.05, 3.63) is 53.6 Å². The van der Waals surface area contributed by atoms with Crippen LogP contribution in [-0.4, -0.2) is 45.7 Å². The van der Waals surface area contributed by atoms with Crippen LogP contribution in [0.5, 0.6) is 11.5 Å². The summed E-state index contributed by atoms with van der Waals surface area (Å²) < 4.78 is 10.8. The van der Waals surface area contributed by atoms with Gasteiger partial charge in [-0.15, -0.1) is 0 Å². The van der Waals surface area contributed by atoms with E-state index in [1.165, 1.54) is 0 Å². The SMILES string of the molecule is COc1cccc(C[NH+](C)CC(=O)Nc2ccccc2C(=O)NC2CC2)c1OC. The van der Waals surface area contributed by atoms with E-state index in [1.807, 2.05) is 25.2 Å². The number of methoxy groups -OCH3 is 2. The molecule has 29 heavy (non-hydrogen) atoms. The molecule has 7 nitrogen and oxygen atoms in total. The second-order valence-electron chi connectivity index (χ2n) is 7.30. The minimum Gasteiger partial charge on any atom is -0.493 e. The van der Waals surface area contributed by atoms with Gasteiger partial charge in [-0.05, 0) is 37.1 Å². The van der Waals surface area contributed by atoms with Gasteiger partial charge < -0.3 is 25.0 Å². The first-order chi connectivity index (χ1) is 14.0. The molecule has 2 aromatic carbocycles. The molecule has 0 spiro atoms. The lowest BCUT2D eigenvalue weighted by Crippen LogP contribution is -3.08. The van der Waals surface area contributed by atoms with Crippen molar-refractivity contribution >= 4 is 17.5 Å². The maximum Gasteiger partial charge on any atom is 0.279 e.